The van der Waals surface area contributed by atoms with Crippen LogP contribution in [0.25, 0.3) is 0 Å². The van der Waals surface area contributed by atoms with Crippen LogP contribution in [0.1, 0.15) is 38.1 Å². The van der Waals surface area contributed by atoms with E-state index in [0.717, 1.165) is 25.4 Å². The Kier molecular flexibility index (Phi) is 4.18. The highest BCUT2D eigenvalue weighted by atomic mass is 16.5. The summed E-state index contributed by atoms with van der Waals surface area (Å²) in [7, 11) is 0. The molecule has 17 heavy (non-hydrogen) atoms. The maximum absolute atomic E-state index is 5.68. The first-order valence-corrected chi connectivity index (χ1v) is 6.59. The zero-order valence-corrected chi connectivity index (χ0v) is 11.1. The maximum atomic E-state index is 5.68. The van der Waals surface area contributed by atoms with Gasteiger partial charge in [-0.25, -0.2) is 0 Å². The van der Waals surface area contributed by atoms with Crippen LogP contribution in [0.15, 0.2) is 6.07 Å². The molecule has 2 rings (SSSR count). The van der Waals surface area contributed by atoms with E-state index in [1.54, 1.807) is 0 Å². The van der Waals surface area contributed by atoms with Gasteiger partial charge in [0.2, 0.25) is 0 Å². The molecule has 96 valence electrons. The van der Waals surface area contributed by atoms with Gasteiger partial charge in [0, 0.05) is 25.7 Å². The molecule has 2 atom stereocenters. The van der Waals surface area contributed by atoms with E-state index in [0.29, 0.717) is 12.1 Å². The third-order valence-electron chi connectivity index (χ3n) is 3.41. The molecule has 1 aliphatic heterocycles. The van der Waals surface area contributed by atoms with E-state index in [-0.39, 0.29) is 0 Å². The molecule has 0 radical (unpaired) electrons. The maximum Gasteiger partial charge on any atom is 0.0726 e. The van der Waals surface area contributed by atoms with Gasteiger partial charge in [-0.15, -0.1) is 0 Å². The molecule has 4 nitrogen and oxygen atoms in total. The van der Waals surface area contributed by atoms with Crippen molar-refractivity contribution in [3.8, 4) is 0 Å². The molecule has 0 aliphatic carbocycles. The van der Waals surface area contributed by atoms with Crippen molar-refractivity contribution in [2.75, 3.05) is 6.61 Å². The van der Waals surface area contributed by atoms with Crippen molar-refractivity contribution in [2.24, 2.45) is 0 Å². The predicted molar refractivity (Wildman–Crippen MR) is 67.9 cm³/mol. The fourth-order valence-corrected chi connectivity index (χ4v) is 2.41. The summed E-state index contributed by atoms with van der Waals surface area (Å²) in [6.07, 6.45) is 2.76. The van der Waals surface area contributed by atoms with Gasteiger partial charge in [-0.2, -0.15) is 5.10 Å². The van der Waals surface area contributed by atoms with Crippen molar-refractivity contribution in [1.82, 2.24) is 15.1 Å². The largest absolute Gasteiger partial charge is 0.377 e. The second kappa shape index (κ2) is 5.65. The number of hydrogen-bond donors (Lipinski definition) is 1. The number of rotatable bonds is 5. The van der Waals surface area contributed by atoms with Crippen molar-refractivity contribution >= 4 is 0 Å². The molecule has 4 heteroatoms. The predicted octanol–water partition coefficient (Wildman–Crippen LogP) is 1.87. The Morgan fingerprint density at radius 2 is 2.47 bits per heavy atom. The molecular weight excluding hydrogens is 214 g/mol. The molecule has 1 aromatic heterocycles. The summed E-state index contributed by atoms with van der Waals surface area (Å²) >= 11 is 0. The second-order valence-corrected chi connectivity index (χ2v) is 4.81. The quantitative estimate of drug-likeness (QED) is 0.849. The lowest BCUT2D eigenvalue weighted by molar-refractivity contribution is 0.0829. The van der Waals surface area contributed by atoms with E-state index in [9.17, 15) is 0 Å². The zero-order chi connectivity index (χ0) is 12.3. The lowest BCUT2D eigenvalue weighted by atomic mass is 10.1. The number of ether oxygens (including phenoxy) is 1. The summed E-state index contributed by atoms with van der Waals surface area (Å²) in [5.74, 6) is 0. The van der Waals surface area contributed by atoms with E-state index >= 15 is 0 Å². The minimum Gasteiger partial charge on any atom is -0.377 e. The summed E-state index contributed by atoms with van der Waals surface area (Å²) in [6.45, 7) is 9.09. The first-order chi connectivity index (χ1) is 8.20. The van der Waals surface area contributed by atoms with Crippen molar-refractivity contribution < 1.29 is 4.74 Å². The van der Waals surface area contributed by atoms with Crippen molar-refractivity contribution in [2.45, 2.75) is 58.8 Å². The molecule has 1 aliphatic rings. The summed E-state index contributed by atoms with van der Waals surface area (Å²) in [4.78, 5) is 0. The van der Waals surface area contributed by atoms with Gasteiger partial charge in [-0.05, 0) is 39.7 Å². The minimum atomic E-state index is 0.383. The molecule has 2 unspecified atom stereocenters. The van der Waals surface area contributed by atoms with Crippen LogP contribution in [0.3, 0.4) is 0 Å². The molecule has 1 saturated heterocycles. The topological polar surface area (TPSA) is 39.1 Å². The molecule has 1 aromatic rings. The lowest BCUT2D eigenvalue weighted by Gasteiger charge is -2.20. The molecule has 0 spiro atoms. The minimum absolute atomic E-state index is 0.383. The van der Waals surface area contributed by atoms with E-state index in [1.165, 1.54) is 18.5 Å². The number of aromatic nitrogens is 2. The highest BCUT2D eigenvalue weighted by Gasteiger charge is 2.22. The smallest absolute Gasteiger partial charge is 0.0726 e. The van der Waals surface area contributed by atoms with Gasteiger partial charge in [0.1, 0.15) is 0 Å². The van der Waals surface area contributed by atoms with Crippen LogP contribution in [-0.2, 0) is 17.8 Å². The molecule has 1 fully saturated rings. The van der Waals surface area contributed by atoms with Crippen LogP contribution < -0.4 is 5.32 Å². The number of nitrogens with zero attached hydrogens (tertiary/aromatic N) is 2. The molecular formula is C13H23N3O. The average molecular weight is 237 g/mol. The van der Waals surface area contributed by atoms with Crippen LogP contribution >= 0.6 is 0 Å². The van der Waals surface area contributed by atoms with Crippen LogP contribution in [-0.4, -0.2) is 28.5 Å². The summed E-state index contributed by atoms with van der Waals surface area (Å²) in [6, 6.07) is 2.57. The van der Waals surface area contributed by atoms with Gasteiger partial charge < -0.3 is 10.1 Å². The van der Waals surface area contributed by atoms with Crippen LogP contribution in [0.5, 0.6) is 0 Å². The summed E-state index contributed by atoms with van der Waals surface area (Å²) in [5.41, 5.74) is 2.35. The molecule has 0 bridgehead atoms. The summed E-state index contributed by atoms with van der Waals surface area (Å²) in [5, 5.41) is 7.99. The van der Waals surface area contributed by atoms with Gasteiger partial charge in [-0.1, -0.05) is 0 Å². The fraction of sp³-hybridized carbons (Fsp3) is 0.769. The molecule has 0 saturated carbocycles. The highest BCUT2D eigenvalue weighted by Crippen LogP contribution is 2.15. The van der Waals surface area contributed by atoms with Gasteiger partial charge in [0.25, 0.3) is 0 Å². The van der Waals surface area contributed by atoms with Gasteiger partial charge in [-0.3, -0.25) is 4.68 Å². The Balaban J connectivity index is 1.87. The van der Waals surface area contributed by atoms with Gasteiger partial charge in [0.15, 0.2) is 0 Å². The fourth-order valence-electron chi connectivity index (χ4n) is 2.41. The molecule has 0 amide bonds. The Hall–Kier alpha value is -0.870. The van der Waals surface area contributed by atoms with E-state index in [4.69, 9.17) is 4.74 Å². The SMILES string of the molecule is CCn1nc(C)cc1CNC(C)C1CCCO1. The number of hydrogen-bond acceptors (Lipinski definition) is 3. The molecule has 2 heterocycles. The Morgan fingerprint density at radius 1 is 1.65 bits per heavy atom. The number of aryl methyl sites for hydroxylation is 2. The first-order valence-electron chi connectivity index (χ1n) is 6.59. The van der Waals surface area contributed by atoms with Crippen LogP contribution in [0.2, 0.25) is 0 Å². The highest BCUT2D eigenvalue weighted by molar-refractivity contribution is 5.08. The zero-order valence-electron chi connectivity index (χ0n) is 11.1. The second-order valence-electron chi connectivity index (χ2n) is 4.81. The van der Waals surface area contributed by atoms with E-state index < -0.39 is 0 Å². The van der Waals surface area contributed by atoms with Crippen LogP contribution in [0.4, 0.5) is 0 Å². The Labute approximate surface area is 103 Å². The average Bonchev–Trinajstić information content (AvgIpc) is 2.94. The van der Waals surface area contributed by atoms with Gasteiger partial charge in [0.05, 0.1) is 17.5 Å². The standard InChI is InChI=1S/C13H23N3O/c1-4-16-12(8-10(2)15-16)9-14-11(3)13-6-5-7-17-13/h8,11,13-14H,4-7,9H2,1-3H3. The monoisotopic (exact) mass is 237 g/mol. The molecule has 0 aromatic carbocycles. The third-order valence-corrected chi connectivity index (χ3v) is 3.41. The van der Waals surface area contributed by atoms with Crippen molar-refractivity contribution in [1.29, 1.82) is 0 Å². The van der Waals surface area contributed by atoms with Crippen LogP contribution in [0, 0.1) is 6.92 Å². The lowest BCUT2D eigenvalue weighted by Crippen LogP contribution is -2.36. The Bertz CT molecular complexity index is 356. The van der Waals surface area contributed by atoms with E-state index in [2.05, 4.69) is 35.0 Å². The van der Waals surface area contributed by atoms with E-state index in [1.807, 2.05) is 6.92 Å². The number of nitrogens with one attached hydrogen (secondary N) is 1. The van der Waals surface area contributed by atoms with Crippen molar-refractivity contribution in [3.63, 3.8) is 0 Å². The summed E-state index contributed by atoms with van der Waals surface area (Å²) < 4.78 is 7.74. The van der Waals surface area contributed by atoms with Crippen molar-refractivity contribution in [3.05, 3.63) is 17.5 Å². The van der Waals surface area contributed by atoms with Gasteiger partial charge >= 0.3 is 0 Å². The molecule has 1 N–H and O–H groups in total. The first kappa shape index (κ1) is 12.6. The normalized spacial score (nSPS) is 21.9. The Morgan fingerprint density at radius 3 is 3.12 bits per heavy atom. The third kappa shape index (κ3) is 3.07.